The highest BCUT2D eigenvalue weighted by Gasteiger charge is 2.03. The highest BCUT2D eigenvalue weighted by atomic mass is 15.0. The fraction of sp³-hybridized carbons (Fsp3) is 0.889. The van der Waals surface area contributed by atoms with Crippen LogP contribution in [-0.4, -0.2) is 18.9 Å². The van der Waals surface area contributed by atoms with Gasteiger partial charge in [0, 0.05) is 19.5 Å². The second kappa shape index (κ2) is 4.37. The van der Waals surface area contributed by atoms with E-state index in [4.69, 9.17) is 0 Å². The molecule has 0 aromatic carbocycles. The molecule has 0 spiro atoms. The summed E-state index contributed by atoms with van der Waals surface area (Å²) in [6.45, 7) is 6.66. The minimum absolute atomic E-state index is 0.793. The van der Waals surface area contributed by atoms with Gasteiger partial charge in [-0.05, 0) is 18.8 Å². The van der Waals surface area contributed by atoms with Crippen molar-refractivity contribution in [3.63, 3.8) is 0 Å². The van der Waals surface area contributed by atoms with Crippen molar-refractivity contribution in [1.29, 1.82) is 0 Å². The number of hydrogen-bond donors (Lipinski definition) is 1. The van der Waals surface area contributed by atoms with E-state index < -0.39 is 0 Å². The lowest BCUT2D eigenvalue weighted by atomic mass is 10.1. The third-order valence-corrected chi connectivity index (χ3v) is 1.93. The number of hydrogen-bond acceptors (Lipinski definition) is 2. The second-order valence-corrected chi connectivity index (χ2v) is 3.54. The Labute approximate surface area is 69.1 Å². The van der Waals surface area contributed by atoms with E-state index in [1.54, 1.807) is 0 Å². The number of aliphatic imine (C=N–C) groups is 1. The van der Waals surface area contributed by atoms with Crippen LogP contribution in [0.5, 0.6) is 0 Å². The van der Waals surface area contributed by atoms with Crippen molar-refractivity contribution in [3.05, 3.63) is 0 Å². The largest absolute Gasteiger partial charge is 0.374 e. The normalized spacial score (nSPS) is 17.9. The summed E-state index contributed by atoms with van der Waals surface area (Å²) in [6, 6.07) is 0. The minimum atomic E-state index is 0.793. The van der Waals surface area contributed by atoms with Gasteiger partial charge in [0.1, 0.15) is 0 Å². The third-order valence-electron chi connectivity index (χ3n) is 1.93. The lowest BCUT2D eigenvalue weighted by Crippen LogP contribution is -2.29. The predicted molar refractivity (Wildman–Crippen MR) is 49.0 cm³/mol. The molecule has 0 saturated carbocycles. The van der Waals surface area contributed by atoms with Crippen molar-refractivity contribution in [2.24, 2.45) is 10.9 Å². The summed E-state index contributed by atoms with van der Waals surface area (Å²) in [6.07, 6.45) is 3.59. The van der Waals surface area contributed by atoms with Crippen LogP contribution in [0.4, 0.5) is 0 Å². The Morgan fingerprint density at radius 2 is 2.36 bits per heavy atom. The third kappa shape index (κ3) is 3.40. The summed E-state index contributed by atoms with van der Waals surface area (Å²) in [4.78, 5) is 4.41. The van der Waals surface area contributed by atoms with Crippen LogP contribution in [0.2, 0.25) is 0 Å². The molecular weight excluding hydrogens is 136 g/mol. The molecule has 11 heavy (non-hydrogen) atoms. The lowest BCUT2D eigenvalue weighted by Gasteiger charge is -2.14. The maximum atomic E-state index is 4.41. The molecule has 0 amide bonds. The molecule has 0 fully saturated rings. The van der Waals surface area contributed by atoms with Gasteiger partial charge in [0.05, 0.1) is 5.84 Å². The van der Waals surface area contributed by atoms with Gasteiger partial charge in [0.25, 0.3) is 0 Å². The van der Waals surface area contributed by atoms with Crippen molar-refractivity contribution >= 4 is 5.84 Å². The Bertz CT molecular complexity index is 138. The van der Waals surface area contributed by atoms with E-state index in [1.165, 1.54) is 18.7 Å². The Hall–Kier alpha value is -0.530. The lowest BCUT2D eigenvalue weighted by molar-refractivity contribution is 0.591. The van der Waals surface area contributed by atoms with Gasteiger partial charge in [0.15, 0.2) is 0 Å². The second-order valence-electron chi connectivity index (χ2n) is 3.54. The van der Waals surface area contributed by atoms with Crippen LogP contribution in [-0.2, 0) is 0 Å². The zero-order valence-corrected chi connectivity index (χ0v) is 7.56. The monoisotopic (exact) mass is 154 g/mol. The summed E-state index contributed by atoms with van der Waals surface area (Å²) >= 11 is 0. The van der Waals surface area contributed by atoms with Crippen LogP contribution < -0.4 is 5.32 Å². The van der Waals surface area contributed by atoms with Gasteiger partial charge in [0.2, 0.25) is 0 Å². The van der Waals surface area contributed by atoms with Gasteiger partial charge in [-0.25, -0.2) is 0 Å². The van der Waals surface area contributed by atoms with Crippen LogP contribution in [0.15, 0.2) is 4.99 Å². The van der Waals surface area contributed by atoms with Crippen LogP contribution in [0, 0.1) is 5.92 Å². The molecule has 2 heteroatoms. The molecule has 0 atom stereocenters. The van der Waals surface area contributed by atoms with E-state index in [2.05, 4.69) is 24.2 Å². The first kappa shape index (κ1) is 8.57. The molecule has 1 rings (SSSR count). The standard InChI is InChI=1S/C9H18N2/c1-8(2)4-5-9-10-6-3-7-11-9/h8H,3-7H2,1-2H3,(H,10,11). The van der Waals surface area contributed by atoms with Crippen molar-refractivity contribution in [3.8, 4) is 0 Å². The Kier molecular flexibility index (Phi) is 3.40. The predicted octanol–water partition coefficient (Wildman–Crippen LogP) is 1.81. The molecule has 0 radical (unpaired) electrons. The minimum Gasteiger partial charge on any atom is -0.374 e. The van der Waals surface area contributed by atoms with Crippen LogP contribution in [0.1, 0.15) is 33.1 Å². The van der Waals surface area contributed by atoms with Crippen LogP contribution in [0.3, 0.4) is 0 Å². The quantitative estimate of drug-likeness (QED) is 0.658. The highest BCUT2D eigenvalue weighted by molar-refractivity contribution is 5.82. The number of nitrogens with one attached hydrogen (secondary N) is 1. The maximum Gasteiger partial charge on any atom is 0.0963 e. The van der Waals surface area contributed by atoms with E-state index in [-0.39, 0.29) is 0 Å². The molecule has 0 aromatic rings. The summed E-state index contributed by atoms with van der Waals surface area (Å²) in [7, 11) is 0. The van der Waals surface area contributed by atoms with Gasteiger partial charge < -0.3 is 5.32 Å². The summed E-state index contributed by atoms with van der Waals surface area (Å²) < 4.78 is 0. The first-order valence-electron chi connectivity index (χ1n) is 4.56. The molecule has 0 unspecified atom stereocenters. The van der Waals surface area contributed by atoms with Gasteiger partial charge in [-0.15, -0.1) is 0 Å². The molecular formula is C9H18N2. The zero-order chi connectivity index (χ0) is 8.10. The molecule has 0 bridgehead atoms. The van der Waals surface area contributed by atoms with Crippen LogP contribution in [0.25, 0.3) is 0 Å². The first-order chi connectivity index (χ1) is 5.29. The van der Waals surface area contributed by atoms with Crippen molar-refractivity contribution in [2.45, 2.75) is 33.1 Å². The van der Waals surface area contributed by atoms with E-state index in [1.807, 2.05) is 0 Å². The van der Waals surface area contributed by atoms with Crippen molar-refractivity contribution < 1.29 is 0 Å². The van der Waals surface area contributed by atoms with Gasteiger partial charge >= 0.3 is 0 Å². The van der Waals surface area contributed by atoms with Gasteiger partial charge in [-0.2, -0.15) is 0 Å². The molecule has 0 aliphatic carbocycles. The fourth-order valence-electron chi connectivity index (χ4n) is 1.17. The topological polar surface area (TPSA) is 24.4 Å². The smallest absolute Gasteiger partial charge is 0.0963 e. The molecule has 64 valence electrons. The highest BCUT2D eigenvalue weighted by Crippen LogP contribution is 2.05. The molecule has 1 N–H and O–H groups in total. The number of nitrogens with zero attached hydrogens (tertiary/aromatic N) is 1. The molecule has 1 aliphatic rings. The summed E-state index contributed by atoms with van der Waals surface area (Å²) in [5.74, 6) is 2.02. The molecule has 1 heterocycles. The van der Waals surface area contributed by atoms with Crippen molar-refractivity contribution in [2.75, 3.05) is 13.1 Å². The Balaban J connectivity index is 2.19. The van der Waals surface area contributed by atoms with E-state index in [0.717, 1.165) is 25.4 Å². The van der Waals surface area contributed by atoms with E-state index in [9.17, 15) is 0 Å². The Morgan fingerprint density at radius 1 is 1.55 bits per heavy atom. The molecule has 1 aliphatic heterocycles. The van der Waals surface area contributed by atoms with Gasteiger partial charge in [-0.3, -0.25) is 4.99 Å². The van der Waals surface area contributed by atoms with Crippen molar-refractivity contribution in [1.82, 2.24) is 5.32 Å². The van der Waals surface area contributed by atoms with Gasteiger partial charge in [-0.1, -0.05) is 13.8 Å². The maximum absolute atomic E-state index is 4.41. The number of amidine groups is 1. The fourth-order valence-corrected chi connectivity index (χ4v) is 1.17. The molecule has 2 nitrogen and oxygen atoms in total. The average Bonchev–Trinajstić information content (AvgIpc) is 2.03. The van der Waals surface area contributed by atoms with E-state index >= 15 is 0 Å². The van der Waals surface area contributed by atoms with Crippen LogP contribution >= 0.6 is 0 Å². The average molecular weight is 154 g/mol. The number of rotatable bonds is 3. The first-order valence-corrected chi connectivity index (χ1v) is 4.56. The summed E-state index contributed by atoms with van der Waals surface area (Å²) in [5.41, 5.74) is 0. The van der Waals surface area contributed by atoms with E-state index in [0.29, 0.717) is 0 Å². The SMILES string of the molecule is CC(C)CCC1=NCCCN1. The summed E-state index contributed by atoms with van der Waals surface area (Å²) in [5, 5.41) is 3.32. The molecule has 0 saturated heterocycles. The molecule has 0 aromatic heterocycles. The Morgan fingerprint density at radius 3 is 2.91 bits per heavy atom. The zero-order valence-electron chi connectivity index (χ0n) is 7.56.